The van der Waals surface area contributed by atoms with Crippen LogP contribution in [0.3, 0.4) is 0 Å². The third kappa shape index (κ3) is 4.22. The molecule has 2 N–H and O–H groups in total. The van der Waals surface area contributed by atoms with Crippen LogP contribution >= 0.6 is 0 Å². The minimum Gasteiger partial charge on any atom is -0.481 e. The summed E-state index contributed by atoms with van der Waals surface area (Å²) in [5, 5.41) is 11.4. The van der Waals surface area contributed by atoms with E-state index >= 15 is 0 Å². The van der Waals surface area contributed by atoms with E-state index in [1.807, 2.05) is 0 Å². The van der Waals surface area contributed by atoms with Crippen molar-refractivity contribution < 1.29 is 23.8 Å². The number of carbonyl (C=O) groups is 2. The summed E-state index contributed by atoms with van der Waals surface area (Å²) in [6, 6.07) is 4.82. The zero-order chi connectivity index (χ0) is 14.5. The fraction of sp³-hybridized carbons (Fsp3) is 0.429. The summed E-state index contributed by atoms with van der Waals surface area (Å²) in [5.74, 6) is -1.84. The van der Waals surface area contributed by atoms with Crippen LogP contribution in [0, 0.1) is 11.7 Å². The lowest BCUT2D eigenvalue weighted by molar-refractivity contribution is -0.142. The number of ether oxygens (including phenoxy) is 1. The number of carboxylic acid groups (broad SMARTS) is 1. The molecule has 1 aromatic carbocycles. The second kappa shape index (κ2) is 6.36. The number of carbonyl (C=O) groups excluding carboxylic acids is 1. The van der Waals surface area contributed by atoms with Gasteiger partial charge in [0.15, 0.2) is 18.2 Å². The van der Waals surface area contributed by atoms with E-state index in [-0.39, 0.29) is 5.75 Å². The Morgan fingerprint density at radius 3 is 2.70 bits per heavy atom. The van der Waals surface area contributed by atoms with E-state index in [1.54, 1.807) is 6.07 Å². The standard InChI is InChI=1S/C14H16FNO4/c15-10-3-1-2-4-12(10)20-8-13(17)16-11(14(18)19)7-9-5-6-9/h1-4,9,11H,5-8H2,(H,16,17)(H,18,19). The van der Waals surface area contributed by atoms with Crippen LogP contribution in [0.5, 0.6) is 5.75 Å². The highest BCUT2D eigenvalue weighted by atomic mass is 19.1. The first kappa shape index (κ1) is 14.3. The average molecular weight is 281 g/mol. The summed E-state index contributed by atoms with van der Waals surface area (Å²) in [4.78, 5) is 22.6. The SMILES string of the molecule is O=C(COc1ccccc1F)NC(CC1CC1)C(=O)O. The molecule has 5 nitrogen and oxygen atoms in total. The van der Waals surface area contributed by atoms with Gasteiger partial charge < -0.3 is 15.2 Å². The summed E-state index contributed by atoms with van der Waals surface area (Å²) >= 11 is 0. The maximum absolute atomic E-state index is 13.3. The Balaban J connectivity index is 1.81. The van der Waals surface area contributed by atoms with Gasteiger partial charge >= 0.3 is 5.97 Å². The van der Waals surface area contributed by atoms with Crippen LogP contribution in [-0.4, -0.2) is 29.6 Å². The Kier molecular flexibility index (Phi) is 4.55. The van der Waals surface area contributed by atoms with E-state index in [0.29, 0.717) is 12.3 Å². The van der Waals surface area contributed by atoms with Gasteiger partial charge in [-0.2, -0.15) is 0 Å². The largest absolute Gasteiger partial charge is 0.481 e. The molecule has 1 atom stereocenters. The van der Waals surface area contributed by atoms with Gasteiger partial charge in [0.1, 0.15) is 6.04 Å². The number of halogens is 1. The van der Waals surface area contributed by atoms with E-state index in [9.17, 15) is 14.0 Å². The number of hydrogen-bond donors (Lipinski definition) is 2. The van der Waals surface area contributed by atoms with Gasteiger partial charge in [0.2, 0.25) is 0 Å². The Hall–Kier alpha value is -2.11. The lowest BCUT2D eigenvalue weighted by atomic mass is 10.1. The molecule has 1 aromatic rings. The van der Waals surface area contributed by atoms with Crippen LogP contribution in [0.25, 0.3) is 0 Å². The molecule has 108 valence electrons. The Labute approximate surface area is 115 Å². The first-order valence-electron chi connectivity index (χ1n) is 6.45. The summed E-state index contributed by atoms with van der Waals surface area (Å²) in [5.41, 5.74) is 0. The maximum Gasteiger partial charge on any atom is 0.326 e. The number of aliphatic carboxylic acids is 1. The molecule has 1 aliphatic carbocycles. The molecule has 0 radical (unpaired) electrons. The first-order chi connectivity index (χ1) is 9.56. The zero-order valence-electron chi connectivity index (χ0n) is 10.8. The molecule has 2 rings (SSSR count). The van der Waals surface area contributed by atoms with Gasteiger partial charge in [0.05, 0.1) is 0 Å². The van der Waals surface area contributed by atoms with E-state index < -0.39 is 30.3 Å². The van der Waals surface area contributed by atoms with Crippen molar-refractivity contribution in [2.75, 3.05) is 6.61 Å². The van der Waals surface area contributed by atoms with Crippen molar-refractivity contribution in [1.82, 2.24) is 5.32 Å². The predicted molar refractivity (Wildman–Crippen MR) is 68.8 cm³/mol. The van der Waals surface area contributed by atoms with Gasteiger partial charge in [-0.15, -0.1) is 0 Å². The molecule has 20 heavy (non-hydrogen) atoms. The molecule has 1 fully saturated rings. The van der Waals surface area contributed by atoms with E-state index in [2.05, 4.69) is 5.32 Å². The second-order valence-corrected chi connectivity index (χ2v) is 4.86. The molecule has 0 spiro atoms. The first-order valence-corrected chi connectivity index (χ1v) is 6.45. The third-order valence-electron chi connectivity index (χ3n) is 3.09. The molecule has 0 bridgehead atoms. The summed E-state index contributed by atoms with van der Waals surface area (Å²) in [6.45, 7) is -0.407. The van der Waals surface area contributed by atoms with Gasteiger partial charge in [-0.3, -0.25) is 4.79 Å². The molecule has 0 saturated heterocycles. The molecule has 6 heteroatoms. The fourth-order valence-electron chi connectivity index (χ4n) is 1.85. The van der Waals surface area contributed by atoms with Gasteiger partial charge in [0, 0.05) is 0 Å². The molecule has 0 aliphatic heterocycles. The quantitative estimate of drug-likeness (QED) is 0.795. The normalized spacial score (nSPS) is 15.4. The number of benzene rings is 1. The maximum atomic E-state index is 13.3. The van der Waals surface area contributed by atoms with Crippen LogP contribution in [0.1, 0.15) is 19.3 Å². The lowest BCUT2D eigenvalue weighted by Crippen LogP contribution is -2.43. The summed E-state index contributed by atoms with van der Waals surface area (Å²) < 4.78 is 18.3. The van der Waals surface area contributed by atoms with Gasteiger partial charge in [-0.05, 0) is 24.5 Å². The van der Waals surface area contributed by atoms with Crippen LogP contribution in [0.4, 0.5) is 4.39 Å². The molecular formula is C14H16FNO4. The molecule has 0 aromatic heterocycles. The van der Waals surface area contributed by atoms with Crippen molar-refractivity contribution in [3.8, 4) is 5.75 Å². The zero-order valence-corrected chi connectivity index (χ0v) is 10.8. The minimum atomic E-state index is -1.06. The van der Waals surface area contributed by atoms with Crippen molar-refractivity contribution in [3.05, 3.63) is 30.1 Å². The van der Waals surface area contributed by atoms with Crippen LogP contribution < -0.4 is 10.1 Å². The number of para-hydroxylation sites is 1. The van der Waals surface area contributed by atoms with Crippen molar-refractivity contribution in [3.63, 3.8) is 0 Å². The van der Waals surface area contributed by atoms with Crippen LogP contribution in [-0.2, 0) is 9.59 Å². The molecule has 1 aliphatic rings. The Bertz CT molecular complexity index is 502. The Morgan fingerprint density at radius 2 is 2.10 bits per heavy atom. The predicted octanol–water partition coefficient (Wildman–Crippen LogP) is 1.57. The molecule has 1 amide bonds. The topological polar surface area (TPSA) is 75.6 Å². The molecule has 1 saturated carbocycles. The smallest absolute Gasteiger partial charge is 0.326 e. The summed E-state index contributed by atoms with van der Waals surface area (Å²) in [7, 11) is 0. The average Bonchev–Trinajstić information content (AvgIpc) is 3.21. The number of amides is 1. The Morgan fingerprint density at radius 1 is 1.40 bits per heavy atom. The number of hydrogen-bond acceptors (Lipinski definition) is 3. The monoisotopic (exact) mass is 281 g/mol. The van der Waals surface area contributed by atoms with E-state index in [4.69, 9.17) is 9.84 Å². The highest BCUT2D eigenvalue weighted by Gasteiger charge is 2.30. The molecular weight excluding hydrogens is 265 g/mol. The number of carboxylic acids is 1. The highest BCUT2D eigenvalue weighted by Crippen LogP contribution is 2.33. The van der Waals surface area contributed by atoms with Crippen molar-refractivity contribution in [2.24, 2.45) is 5.92 Å². The van der Waals surface area contributed by atoms with Crippen molar-refractivity contribution in [2.45, 2.75) is 25.3 Å². The fourth-order valence-corrected chi connectivity index (χ4v) is 1.85. The molecule has 1 unspecified atom stereocenters. The minimum absolute atomic E-state index is 0.0308. The van der Waals surface area contributed by atoms with E-state index in [0.717, 1.165) is 12.8 Å². The summed E-state index contributed by atoms with van der Waals surface area (Å²) in [6.07, 6.45) is 2.44. The highest BCUT2D eigenvalue weighted by molar-refractivity contribution is 5.84. The van der Waals surface area contributed by atoms with Gasteiger partial charge in [-0.1, -0.05) is 25.0 Å². The van der Waals surface area contributed by atoms with Crippen LogP contribution in [0.2, 0.25) is 0 Å². The van der Waals surface area contributed by atoms with Crippen molar-refractivity contribution >= 4 is 11.9 Å². The number of nitrogens with one attached hydrogen (secondary N) is 1. The van der Waals surface area contributed by atoms with Gasteiger partial charge in [-0.25, -0.2) is 9.18 Å². The lowest BCUT2D eigenvalue weighted by Gasteiger charge is -2.14. The van der Waals surface area contributed by atoms with Crippen molar-refractivity contribution in [1.29, 1.82) is 0 Å². The second-order valence-electron chi connectivity index (χ2n) is 4.86. The van der Waals surface area contributed by atoms with E-state index in [1.165, 1.54) is 18.2 Å². The third-order valence-corrected chi connectivity index (χ3v) is 3.09. The van der Waals surface area contributed by atoms with Gasteiger partial charge in [0.25, 0.3) is 5.91 Å². The molecule has 0 heterocycles. The number of rotatable bonds is 7. The van der Waals surface area contributed by atoms with Crippen LogP contribution in [0.15, 0.2) is 24.3 Å².